The molecule has 2 N–H and O–H groups in total. The minimum Gasteiger partial charge on any atom is -0.330 e. The lowest BCUT2D eigenvalue weighted by Gasteiger charge is -2.23. The number of nitrogens with zero attached hydrogens (tertiary/aromatic N) is 1. The van der Waals surface area contributed by atoms with Crippen LogP contribution in [0.25, 0.3) is 0 Å². The summed E-state index contributed by atoms with van der Waals surface area (Å²) in [6.45, 7) is 5.52. The second kappa shape index (κ2) is 4.43. The van der Waals surface area contributed by atoms with E-state index in [0.29, 0.717) is 6.04 Å². The van der Waals surface area contributed by atoms with Crippen molar-refractivity contribution in [3.8, 4) is 0 Å². The standard InChI is InChI=1S/C11H18N2S/c1-9(11-3-2-6-14-11)13-5-4-10(7-12)8-13/h2-3,6,9-10H,4-5,7-8,12H2,1H3/t9-,10-/m1/s1. The Hall–Kier alpha value is -0.380. The summed E-state index contributed by atoms with van der Waals surface area (Å²) < 4.78 is 0. The number of rotatable bonds is 3. The predicted octanol–water partition coefficient (Wildman–Crippen LogP) is 2.09. The molecule has 0 spiro atoms. The zero-order valence-corrected chi connectivity index (χ0v) is 9.46. The summed E-state index contributed by atoms with van der Waals surface area (Å²) in [7, 11) is 0. The highest BCUT2D eigenvalue weighted by atomic mass is 32.1. The lowest BCUT2D eigenvalue weighted by Crippen LogP contribution is -2.25. The van der Waals surface area contributed by atoms with Gasteiger partial charge < -0.3 is 5.73 Å². The second-order valence-electron chi connectivity index (χ2n) is 4.08. The normalized spacial score (nSPS) is 25.4. The molecule has 1 fully saturated rings. The summed E-state index contributed by atoms with van der Waals surface area (Å²) in [5, 5.41) is 2.16. The molecule has 2 heterocycles. The zero-order valence-electron chi connectivity index (χ0n) is 8.65. The zero-order chi connectivity index (χ0) is 9.97. The molecular weight excluding hydrogens is 192 g/mol. The molecule has 14 heavy (non-hydrogen) atoms. The fourth-order valence-corrected chi connectivity index (χ4v) is 2.93. The predicted molar refractivity (Wildman–Crippen MR) is 61.5 cm³/mol. The van der Waals surface area contributed by atoms with Crippen molar-refractivity contribution in [1.29, 1.82) is 0 Å². The smallest absolute Gasteiger partial charge is 0.0413 e. The first-order valence-corrected chi connectivity index (χ1v) is 6.16. The fourth-order valence-electron chi connectivity index (χ4n) is 2.12. The average molecular weight is 210 g/mol. The van der Waals surface area contributed by atoms with Crippen LogP contribution in [0.5, 0.6) is 0 Å². The summed E-state index contributed by atoms with van der Waals surface area (Å²) in [4.78, 5) is 4.02. The van der Waals surface area contributed by atoms with Gasteiger partial charge in [-0.2, -0.15) is 0 Å². The Morgan fingerprint density at radius 3 is 3.14 bits per heavy atom. The van der Waals surface area contributed by atoms with Gasteiger partial charge in [0.1, 0.15) is 0 Å². The van der Waals surface area contributed by atoms with Crippen LogP contribution in [-0.2, 0) is 0 Å². The van der Waals surface area contributed by atoms with E-state index >= 15 is 0 Å². The SMILES string of the molecule is C[C@H](c1cccs1)N1CC[C@H](CN)C1. The van der Waals surface area contributed by atoms with E-state index in [2.05, 4.69) is 29.3 Å². The first kappa shape index (κ1) is 10.1. The van der Waals surface area contributed by atoms with E-state index in [-0.39, 0.29) is 0 Å². The Morgan fingerprint density at radius 2 is 2.57 bits per heavy atom. The van der Waals surface area contributed by atoms with Crippen LogP contribution in [0, 0.1) is 5.92 Å². The molecule has 2 rings (SSSR count). The molecule has 1 aromatic heterocycles. The van der Waals surface area contributed by atoms with Gasteiger partial charge >= 0.3 is 0 Å². The molecule has 1 aliphatic rings. The van der Waals surface area contributed by atoms with Crippen molar-refractivity contribution in [3.63, 3.8) is 0 Å². The molecule has 0 radical (unpaired) electrons. The van der Waals surface area contributed by atoms with Crippen molar-refractivity contribution in [1.82, 2.24) is 4.90 Å². The Kier molecular flexibility index (Phi) is 3.21. The molecule has 0 saturated carbocycles. The van der Waals surface area contributed by atoms with E-state index in [1.54, 1.807) is 0 Å². The van der Waals surface area contributed by atoms with Crippen LogP contribution in [0.1, 0.15) is 24.3 Å². The van der Waals surface area contributed by atoms with Gasteiger partial charge in [0, 0.05) is 17.5 Å². The highest BCUT2D eigenvalue weighted by Crippen LogP contribution is 2.29. The second-order valence-corrected chi connectivity index (χ2v) is 5.06. The van der Waals surface area contributed by atoms with E-state index in [1.165, 1.54) is 24.4 Å². The molecule has 2 nitrogen and oxygen atoms in total. The largest absolute Gasteiger partial charge is 0.330 e. The summed E-state index contributed by atoms with van der Waals surface area (Å²) in [5.41, 5.74) is 5.69. The maximum Gasteiger partial charge on any atom is 0.0413 e. The van der Waals surface area contributed by atoms with Crippen LogP contribution >= 0.6 is 11.3 Å². The van der Waals surface area contributed by atoms with Gasteiger partial charge in [0.2, 0.25) is 0 Å². The van der Waals surface area contributed by atoms with Gasteiger partial charge in [0.15, 0.2) is 0 Å². The lowest BCUT2D eigenvalue weighted by molar-refractivity contribution is 0.257. The topological polar surface area (TPSA) is 29.3 Å². The molecular formula is C11H18N2S. The average Bonchev–Trinajstić information content (AvgIpc) is 2.88. The van der Waals surface area contributed by atoms with Crippen molar-refractivity contribution in [3.05, 3.63) is 22.4 Å². The van der Waals surface area contributed by atoms with E-state index in [0.717, 1.165) is 12.5 Å². The summed E-state index contributed by atoms with van der Waals surface area (Å²) in [5.74, 6) is 0.720. The highest BCUT2D eigenvalue weighted by molar-refractivity contribution is 7.10. The van der Waals surface area contributed by atoms with Gasteiger partial charge in [-0.1, -0.05) is 6.07 Å². The number of hydrogen-bond donors (Lipinski definition) is 1. The third-order valence-electron chi connectivity index (χ3n) is 3.15. The van der Waals surface area contributed by atoms with Gasteiger partial charge in [0.25, 0.3) is 0 Å². The van der Waals surface area contributed by atoms with Gasteiger partial charge in [-0.25, -0.2) is 0 Å². The van der Waals surface area contributed by atoms with E-state index in [1.807, 2.05) is 11.3 Å². The monoisotopic (exact) mass is 210 g/mol. The maximum absolute atomic E-state index is 5.69. The van der Waals surface area contributed by atoms with Crippen molar-refractivity contribution in [2.24, 2.45) is 11.7 Å². The van der Waals surface area contributed by atoms with E-state index in [4.69, 9.17) is 5.73 Å². The number of likely N-dealkylation sites (tertiary alicyclic amines) is 1. The number of hydrogen-bond acceptors (Lipinski definition) is 3. The first-order chi connectivity index (χ1) is 6.81. The van der Waals surface area contributed by atoms with Crippen LogP contribution in [0.3, 0.4) is 0 Å². The van der Waals surface area contributed by atoms with Crippen molar-refractivity contribution in [2.75, 3.05) is 19.6 Å². The minimum absolute atomic E-state index is 0.576. The molecule has 1 aliphatic heterocycles. The van der Waals surface area contributed by atoms with E-state index in [9.17, 15) is 0 Å². The summed E-state index contributed by atoms with van der Waals surface area (Å²) in [6.07, 6.45) is 1.27. The molecule has 0 bridgehead atoms. The molecule has 0 amide bonds. The molecule has 0 aromatic carbocycles. The Balaban J connectivity index is 1.97. The van der Waals surface area contributed by atoms with Gasteiger partial charge in [-0.3, -0.25) is 4.90 Å². The third kappa shape index (κ3) is 2.00. The Bertz CT molecular complexity index is 271. The number of thiophene rings is 1. The molecule has 1 saturated heterocycles. The maximum atomic E-state index is 5.69. The molecule has 2 atom stereocenters. The molecule has 1 aromatic rings. The van der Waals surface area contributed by atoms with Gasteiger partial charge in [-0.15, -0.1) is 11.3 Å². The quantitative estimate of drug-likeness (QED) is 0.827. The van der Waals surface area contributed by atoms with Crippen LogP contribution in [0.15, 0.2) is 17.5 Å². The van der Waals surface area contributed by atoms with Crippen molar-refractivity contribution < 1.29 is 0 Å². The summed E-state index contributed by atoms with van der Waals surface area (Å²) in [6, 6.07) is 4.93. The minimum atomic E-state index is 0.576. The Labute approximate surface area is 89.7 Å². The van der Waals surface area contributed by atoms with Crippen molar-refractivity contribution in [2.45, 2.75) is 19.4 Å². The molecule has 3 heteroatoms. The lowest BCUT2D eigenvalue weighted by atomic mass is 10.1. The van der Waals surface area contributed by atoms with Gasteiger partial charge in [-0.05, 0) is 43.8 Å². The third-order valence-corrected chi connectivity index (χ3v) is 4.20. The Morgan fingerprint density at radius 1 is 1.71 bits per heavy atom. The van der Waals surface area contributed by atoms with Crippen molar-refractivity contribution >= 4 is 11.3 Å². The molecule has 0 aliphatic carbocycles. The summed E-state index contributed by atoms with van der Waals surface area (Å²) >= 11 is 1.85. The fraction of sp³-hybridized carbons (Fsp3) is 0.636. The van der Waals surface area contributed by atoms with Crippen LogP contribution in [-0.4, -0.2) is 24.5 Å². The molecule has 0 unspecified atom stereocenters. The molecule has 78 valence electrons. The van der Waals surface area contributed by atoms with Crippen LogP contribution in [0.2, 0.25) is 0 Å². The van der Waals surface area contributed by atoms with Gasteiger partial charge in [0.05, 0.1) is 0 Å². The number of nitrogens with two attached hydrogens (primary N) is 1. The van der Waals surface area contributed by atoms with Crippen LogP contribution in [0.4, 0.5) is 0 Å². The van der Waals surface area contributed by atoms with Crippen LogP contribution < -0.4 is 5.73 Å². The highest BCUT2D eigenvalue weighted by Gasteiger charge is 2.25. The first-order valence-electron chi connectivity index (χ1n) is 5.28. The van der Waals surface area contributed by atoms with E-state index < -0.39 is 0 Å².